The summed E-state index contributed by atoms with van der Waals surface area (Å²) in [6.45, 7) is 8.27. The number of ether oxygens (including phenoxy) is 1. The van der Waals surface area contributed by atoms with Crippen LogP contribution in [0.25, 0.3) is 0 Å². The summed E-state index contributed by atoms with van der Waals surface area (Å²) in [6, 6.07) is 7.43. The summed E-state index contributed by atoms with van der Waals surface area (Å²) in [4.78, 5) is 11.4. The van der Waals surface area contributed by atoms with Crippen LogP contribution in [-0.4, -0.2) is 25.6 Å². The second kappa shape index (κ2) is 7.95. The van der Waals surface area contributed by atoms with E-state index in [9.17, 15) is 4.79 Å². The van der Waals surface area contributed by atoms with Gasteiger partial charge in [-0.2, -0.15) is 0 Å². The summed E-state index contributed by atoms with van der Waals surface area (Å²) in [5.74, 6) is 0.665. The molecule has 0 bridgehead atoms. The van der Waals surface area contributed by atoms with Crippen LogP contribution in [0.1, 0.15) is 0 Å². The molecule has 18 heavy (non-hydrogen) atoms. The van der Waals surface area contributed by atoms with Crippen molar-refractivity contribution in [2.24, 2.45) is 0 Å². The highest BCUT2D eigenvalue weighted by Crippen LogP contribution is 2.16. The number of rotatable bonds is 8. The molecule has 0 aromatic heterocycles. The highest BCUT2D eigenvalue weighted by atomic mass is 16.5. The molecule has 0 radical (unpaired) electrons. The molecule has 96 valence electrons. The fourth-order valence-corrected chi connectivity index (χ4v) is 1.28. The molecule has 0 aliphatic heterocycles. The predicted octanol–water partition coefficient (Wildman–Crippen LogP) is 1.97. The van der Waals surface area contributed by atoms with Gasteiger partial charge in [-0.1, -0.05) is 24.8 Å². The smallest absolute Gasteiger partial charge is 0.239 e. The average Bonchev–Trinajstić information content (AvgIpc) is 2.41. The summed E-state index contributed by atoms with van der Waals surface area (Å²) in [6.07, 6.45) is 3.32. The van der Waals surface area contributed by atoms with Crippen LogP contribution in [0.3, 0.4) is 0 Å². The lowest BCUT2D eigenvalue weighted by atomic mass is 10.3. The Labute approximate surface area is 107 Å². The van der Waals surface area contributed by atoms with E-state index in [0.29, 0.717) is 13.2 Å². The Bertz CT molecular complexity index is 416. The largest absolute Gasteiger partial charge is 0.489 e. The van der Waals surface area contributed by atoms with Gasteiger partial charge < -0.3 is 15.4 Å². The van der Waals surface area contributed by atoms with Crippen molar-refractivity contribution in [1.82, 2.24) is 5.32 Å². The third-order valence-corrected chi connectivity index (χ3v) is 2.10. The molecule has 1 aromatic carbocycles. The van der Waals surface area contributed by atoms with Gasteiger partial charge in [0.1, 0.15) is 12.4 Å². The van der Waals surface area contributed by atoms with Gasteiger partial charge in [0.25, 0.3) is 0 Å². The summed E-state index contributed by atoms with van der Waals surface area (Å²) in [7, 11) is 0. The first-order valence-electron chi connectivity index (χ1n) is 5.71. The van der Waals surface area contributed by atoms with Crippen LogP contribution in [0.2, 0.25) is 0 Å². The Morgan fingerprint density at radius 2 is 2.17 bits per heavy atom. The Kier molecular flexibility index (Phi) is 6.11. The van der Waals surface area contributed by atoms with Crippen molar-refractivity contribution in [3.05, 3.63) is 49.6 Å². The average molecular weight is 246 g/mol. The zero-order valence-electron chi connectivity index (χ0n) is 10.3. The van der Waals surface area contributed by atoms with Gasteiger partial charge in [-0.3, -0.25) is 4.79 Å². The molecule has 0 unspecified atom stereocenters. The maximum atomic E-state index is 11.4. The van der Waals surface area contributed by atoms with Crippen LogP contribution in [0, 0.1) is 0 Å². The number of benzene rings is 1. The summed E-state index contributed by atoms with van der Waals surface area (Å²) < 4.78 is 5.40. The third kappa shape index (κ3) is 5.21. The SMILES string of the molecule is C=CCNC(=O)CNc1cccc(OCC=C)c1. The topological polar surface area (TPSA) is 50.4 Å². The van der Waals surface area contributed by atoms with Crippen LogP contribution in [-0.2, 0) is 4.79 Å². The molecule has 2 N–H and O–H groups in total. The van der Waals surface area contributed by atoms with E-state index in [0.717, 1.165) is 11.4 Å². The number of hydrogen-bond acceptors (Lipinski definition) is 3. The quantitative estimate of drug-likeness (QED) is 0.689. The lowest BCUT2D eigenvalue weighted by molar-refractivity contribution is -0.119. The summed E-state index contributed by atoms with van der Waals surface area (Å²) in [5.41, 5.74) is 0.838. The number of hydrogen-bond donors (Lipinski definition) is 2. The minimum absolute atomic E-state index is 0.0766. The van der Waals surface area contributed by atoms with Gasteiger partial charge in [0.05, 0.1) is 6.54 Å². The van der Waals surface area contributed by atoms with E-state index in [-0.39, 0.29) is 12.5 Å². The molecular weight excluding hydrogens is 228 g/mol. The fourth-order valence-electron chi connectivity index (χ4n) is 1.28. The molecule has 0 saturated heterocycles. The Hall–Kier alpha value is -2.23. The predicted molar refractivity (Wildman–Crippen MR) is 73.8 cm³/mol. The molecule has 0 spiro atoms. The van der Waals surface area contributed by atoms with Crippen LogP contribution >= 0.6 is 0 Å². The van der Waals surface area contributed by atoms with Gasteiger partial charge in [-0.15, -0.1) is 6.58 Å². The van der Waals surface area contributed by atoms with Gasteiger partial charge in [-0.05, 0) is 12.1 Å². The van der Waals surface area contributed by atoms with Crippen molar-refractivity contribution in [1.29, 1.82) is 0 Å². The van der Waals surface area contributed by atoms with E-state index in [4.69, 9.17) is 4.74 Å². The maximum Gasteiger partial charge on any atom is 0.239 e. The second-order valence-electron chi connectivity index (χ2n) is 3.57. The molecule has 1 aromatic rings. The maximum absolute atomic E-state index is 11.4. The van der Waals surface area contributed by atoms with Crippen molar-refractivity contribution < 1.29 is 9.53 Å². The normalized spacial score (nSPS) is 9.33. The van der Waals surface area contributed by atoms with Gasteiger partial charge in [0, 0.05) is 18.3 Å². The lowest BCUT2D eigenvalue weighted by Gasteiger charge is -2.08. The molecule has 1 amide bonds. The van der Waals surface area contributed by atoms with Crippen LogP contribution in [0.5, 0.6) is 5.75 Å². The Morgan fingerprint density at radius 3 is 2.89 bits per heavy atom. The molecule has 4 heteroatoms. The first-order chi connectivity index (χ1) is 8.76. The van der Waals surface area contributed by atoms with Crippen molar-refractivity contribution in [3.8, 4) is 5.75 Å². The van der Waals surface area contributed by atoms with Crippen molar-refractivity contribution >= 4 is 11.6 Å². The van der Waals surface area contributed by atoms with Crippen molar-refractivity contribution in [2.45, 2.75) is 0 Å². The Morgan fingerprint density at radius 1 is 1.33 bits per heavy atom. The summed E-state index contributed by atoms with van der Waals surface area (Å²) in [5, 5.41) is 5.71. The molecule has 1 rings (SSSR count). The van der Waals surface area contributed by atoms with Crippen LogP contribution < -0.4 is 15.4 Å². The monoisotopic (exact) mass is 246 g/mol. The number of nitrogens with one attached hydrogen (secondary N) is 2. The van der Waals surface area contributed by atoms with Gasteiger partial charge in [0.15, 0.2) is 0 Å². The zero-order valence-corrected chi connectivity index (χ0v) is 10.3. The molecular formula is C14H18N2O2. The number of amides is 1. The van der Waals surface area contributed by atoms with Crippen molar-refractivity contribution in [2.75, 3.05) is 25.0 Å². The molecule has 0 aliphatic rings. The molecule has 0 atom stereocenters. The number of anilines is 1. The van der Waals surface area contributed by atoms with Crippen molar-refractivity contribution in [3.63, 3.8) is 0 Å². The first kappa shape index (κ1) is 13.8. The molecule has 0 heterocycles. The second-order valence-corrected chi connectivity index (χ2v) is 3.57. The van der Waals surface area contributed by atoms with E-state index >= 15 is 0 Å². The minimum atomic E-state index is -0.0766. The number of carbonyl (C=O) groups is 1. The first-order valence-corrected chi connectivity index (χ1v) is 5.71. The van der Waals surface area contributed by atoms with Gasteiger partial charge in [0.2, 0.25) is 5.91 Å². The van der Waals surface area contributed by atoms with E-state index in [1.54, 1.807) is 12.2 Å². The molecule has 4 nitrogen and oxygen atoms in total. The third-order valence-electron chi connectivity index (χ3n) is 2.10. The van der Waals surface area contributed by atoms with Crippen LogP contribution in [0.15, 0.2) is 49.6 Å². The zero-order chi connectivity index (χ0) is 13.2. The highest BCUT2D eigenvalue weighted by molar-refractivity contribution is 5.80. The molecule has 0 saturated carbocycles. The summed E-state index contributed by atoms with van der Waals surface area (Å²) >= 11 is 0. The van der Waals surface area contributed by atoms with E-state index in [1.807, 2.05) is 24.3 Å². The lowest BCUT2D eigenvalue weighted by Crippen LogP contribution is -2.29. The van der Waals surface area contributed by atoms with E-state index in [1.165, 1.54) is 0 Å². The van der Waals surface area contributed by atoms with Gasteiger partial charge >= 0.3 is 0 Å². The van der Waals surface area contributed by atoms with E-state index < -0.39 is 0 Å². The minimum Gasteiger partial charge on any atom is -0.489 e. The number of carbonyl (C=O) groups excluding carboxylic acids is 1. The van der Waals surface area contributed by atoms with Crippen LogP contribution in [0.4, 0.5) is 5.69 Å². The van der Waals surface area contributed by atoms with E-state index in [2.05, 4.69) is 23.8 Å². The molecule has 0 fully saturated rings. The van der Waals surface area contributed by atoms with Gasteiger partial charge in [-0.25, -0.2) is 0 Å². The highest BCUT2D eigenvalue weighted by Gasteiger charge is 2.00. The standard InChI is InChI=1S/C14H18N2O2/c1-3-8-15-14(17)11-16-12-6-5-7-13(10-12)18-9-4-2/h3-7,10,16H,1-2,8-9,11H2,(H,15,17). The fraction of sp³-hybridized carbons (Fsp3) is 0.214. The molecule has 0 aliphatic carbocycles. The Balaban J connectivity index is 2.43.